The van der Waals surface area contributed by atoms with Gasteiger partial charge in [-0.05, 0) is 11.1 Å². The van der Waals surface area contributed by atoms with E-state index in [0.717, 1.165) is 0 Å². The number of ether oxygens (including phenoxy) is 1. The van der Waals surface area contributed by atoms with E-state index in [1.807, 2.05) is 0 Å². The van der Waals surface area contributed by atoms with E-state index in [9.17, 15) is 30.2 Å². The molecule has 0 spiro atoms. The maximum atomic E-state index is 11.4. The lowest BCUT2D eigenvalue weighted by molar-refractivity contribution is -0.547. The summed E-state index contributed by atoms with van der Waals surface area (Å²) < 4.78 is 5.85. The molecule has 0 aliphatic heterocycles. The zero-order chi connectivity index (χ0) is 19.8. The second-order valence-corrected chi connectivity index (χ2v) is 5.95. The highest BCUT2D eigenvalue weighted by Gasteiger charge is 2.44. The Hall–Kier alpha value is -2.65. The number of aliphatic hydroxyl groups is 3. The molecule has 4 atom stereocenters. The topological polar surface area (TPSA) is 130 Å². The number of nitro groups is 1. The van der Waals surface area contributed by atoms with Crippen LogP contribution in [-0.2, 0) is 9.53 Å². The van der Waals surface area contributed by atoms with Gasteiger partial charge >= 0.3 is 0 Å². The molecule has 8 heteroatoms. The summed E-state index contributed by atoms with van der Waals surface area (Å²) in [6.45, 7) is -0.836. The van der Waals surface area contributed by atoms with Gasteiger partial charge in [-0.2, -0.15) is 0 Å². The number of benzene rings is 2. The summed E-state index contributed by atoms with van der Waals surface area (Å²) >= 11 is 0. The molecule has 144 valence electrons. The predicted molar refractivity (Wildman–Crippen MR) is 95.5 cm³/mol. The molecular formula is C19H21NO7. The summed E-state index contributed by atoms with van der Waals surface area (Å²) in [6, 6.07) is 15.7. The molecule has 0 bridgehead atoms. The van der Waals surface area contributed by atoms with Crippen molar-refractivity contribution in [2.75, 3.05) is 6.61 Å². The molecule has 2 rings (SSSR count). The highest BCUT2D eigenvalue weighted by atomic mass is 16.6. The molecule has 0 aromatic heterocycles. The third-order valence-corrected chi connectivity index (χ3v) is 4.13. The van der Waals surface area contributed by atoms with Crippen molar-refractivity contribution in [2.45, 2.75) is 30.5 Å². The minimum Gasteiger partial charge on any atom is -0.394 e. The Kier molecular flexibility index (Phi) is 7.56. The maximum absolute atomic E-state index is 11.4. The molecule has 0 fully saturated rings. The van der Waals surface area contributed by atoms with Gasteiger partial charge in [0.25, 0.3) is 6.04 Å². The van der Waals surface area contributed by atoms with Gasteiger partial charge < -0.3 is 24.9 Å². The van der Waals surface area contributed by atoms with Gasteiger partial charge in [0.15, 0.2) is 18.5 Å². The summed E-state index contributed by atoms with van der Waals surface area (Å²) in [5.74, 6) is 0. The van der Waals surface area contributed by atoms with Crippen molar-refractivity contribution >= 4 is 6.29 Å². The lowest BCUT2D eigenvalue weighted by Gasteiger charge is -2.30. The summed E-state index contributed by atoms with van der Waals surface area (Å²) in [5.41, 5.74) is 1.31. The average molecular weight is 375 g/mol. The largest absolute Gasteiger partial charge is 0.394 e. The number of aliphatic hydroxyl groups excluding tert-OH is 3. The normalized spacial score (nSPS) is 15.7. The minimum absolute atomic E-state index is 0.00790. The molecule has 0 saturated carbocycles. The molecule has 2 aromatic carbocycles. The zero-order valence-electron chi connectivity index (χ0n) is 14.4. The molecular weight excluding hydrogens is 354 g/mol. The Labute approximate surface area is 155 Å². The van der Waals surface area contributed by atoms with Gasteiger partial charge in [0.1, 0.15) is 12.2 Å². The first kappa shape index (κ1) is 20.7. The number of nitrogens with zero attached hydrogens (tertiary/aromatic N) is 1. The van der Waals surface area contributed by atoms with Gasteiger partial charge in [-0.3, -0.25) is 10.1 Å². The fourth-order valence-corrected chi connectivity index (χ4v) is 2.78. The van der Waals surface area contributed by atoms with Gasteiger partial charge in [-0.25, -0.2) is 0 Å². The van der Waals surface area contributed by atoms with Crippen LogP contribution in [0, 0.1) is 10.1 Å². The van der Waals surface area contributed by atoms with Crippen LogP contribution < -0.4 is 0 Å². The second-order valence-electron chi connectivity index (χ2n) is 5.95. The smallest absolute Gasteiger partial charge is 0.273 e. The summed E-state index contributed by atoms with van der Waals surface area (Å²) in [7, 11) is 0. The molecule has 27 heavy (non-hydrogen) atoms. The van der Waals surface area contributed by atoms with Crippen molar-refractivity contribution in [3.63, 3.8) is 0 Å². The lowest BCUT2D eigenvalue weighted by atomic mass is 9.98. The van der Waals surface area contributed by atoms with Crippen LogP contribution >= 0.6 is 0 Å². The number of carbonyl (C=O) groups is 1. The third-order valence-electron chi connectivity index (χ3n) is 4.13. The fraction of sp³-hybridized carbons (Fsp3) is 0.316. The van der Waals surface area contributed by atoms with Crippen molar-refractivity contribution in [2.24, 2.45) is 0 Å². The van der Waals surface area contributed by atoms with Crippen LogP contribution in [0.4, 0.5) is 0 Å². The molecule has 8 nitrogen and oxygen atoms in total. The molecule has 0 heterocycles. The van der Waals surface area contributed by atoms with Gasteiger partial charge in [0.05, 0.1) is 6.61 Å². The predicted octanol–water partition coefficient (Wildman–Crippen LogP) is 0.719. The van der Waals surface area contributed by atoms with Crippen LogP contribution in [0.25, 0.3) is 0 Å². The average Bonchev–Trinajstić information content (AvgIpc) is 2.71. The van der Waals surface area contributed by atoms with E-state index < -0.39 is 42.0 Å². The van der Waals surface area contributed by atoms with E-state index >= 15 is 0 Å². The third kappa shape index (κ3) is 5.18. The Morgan fingerprint density at radius 2 is 1.48 bits per heavy atom. The van der Waals surface area contributed by atoms with Crippen LogP contribution in [-0.4, -0.2) is 57.5 Å². The molecule has 0 radical (unpaired) electrons. The highest BCUT2D eigenvalue weighted by molar-refractivity contribution is 5.56. The van der Waals surface area contributed by atoms with Gasteiger partial charge in [-0.15, -0.1) is 0 Å². The van der Waals surface area contributed by atoms with Crippen molar-refractivity contribution in [3.8, 4) is 0 Å². The quantitative estimate of drug-likeness (QED) is 0.317. The van der Waals surface area contributed by atoms with E-state index in [4.69, 9.17) is 4.74 Å². The Morgan fingerprint density at radius 3 is 1.85 bits per heavy atom. The Morgan fingerprint density at radius 1 is 1.00 bits per heavy atom. The zero-order valence-corrected chi connectivity index (χ0v) is 14.4. The van der Waals surface area contributed by atoms with E-state index in [-0.39, 0.29) is 6.29 Å². The molecule has 2 aromatic rings. The van der Waals surface area contributed by atoms with Gasteiger partial charge in [-0.1, -0.05) is 60.7 Å². The molecule has 3 N–H and O–H groups in total. The Bertz CT molecular complexity index is 686. The molecule has 0 unspecified atom stereocenters. The SMILES string of the molecule is O=C[C@H](O)[C@H]([C@@H](OC(c1ccccc1)c1ccccc1)[C@H](O)CO)[N+](=O)[O-]. The molecule has 0 amide bonds. The second kappa shape index (κ2) is 9.89. The van der Waals surface area contributed by atoms with E-state index in [2.05, 4.69) is 0 Å². The summed E-state index contributed by atoms with van der Waals surface area (Å²) in [5, 5.41) is 40.6. The first-order chi connectivity index (χ1) is 13.0. The summed E-state index contributed by atoms with van der Waals surface area (Å²) in [6.07, 6.45) is -6.12. The summed E-state index contributed by atoms with van der Waals surface area (Å²) in [4.78, 5) is 21.5. The highest BCUT2D eigenvalue weighted by Crippen LogP contribution is 2.29. The van der Waals surface area contributed by atoms with Crippen LogP contribution in [0.3, 0.4) is 0 Å². The number of hydrogen-bond donors (Lipinski definition) is 3. The first-order valence-corrected chi connectivity index (χ1v) is 8.30. The fourth-order valence-electron chi connectivity index (χ4n) is 2.78. The van der Waals surface area contributed by atoms with Crippen molar-refractivity contribution < 1.29 is 29.8 Å². The minimum atomic E-state index is -2.00. The van der Waals surface area contributed by atoms with Crippen molar-refractivity contribution in [1.29, 1.82) is 0 Å². The van der Waals surface area contributed by atoms with Crippen LogP contribution in [0.5, 0.6) is 0 Å². The van der Waals surface area contributed by atoms with Crippen LogP contribution in [0.15, 0.2) is 60.7 Å². The van der Waals surface area contributed by atoms with E-state index in [1.165, 1.54) is 0 Å². The van der Waals surface area contributed by atoms with Crippen molar-refractivity contribution in [1.82, 2.24) is 0 Å². The van der Waals surface area contributed by atoms with Gasteiger partial charge in [0.2, 0.25) is 0 Å². The monoisotopic (exact) mass is 375 g/mol. The number of carbonyl (C=O) groups excluding carboxylic acids is 1. The number of hydrogen-bond acceptors (Lipinski definition) is 7. The molecule has 0 aliphatic carbocycles. The van der Waals surface area contributed by atoms with E-state index in [0.29, 0.717) is 11.1 Å². The first-order valence-electron chi connectivity index (χ1n) is 8.30. The lowest BCUT2D eigenvalue weighted by Crippen LogP contribution is -2.52. The Balaban J connectivity index is 2.46. The van der Waals surface area contributed by atoms with Crippen LogP contribution in [0.1, 0.15) is 17.2 Å². The van der Waals surface area contributed by atoms with Crippen molar-refractivity contribution in [3.05, 3.63) is 81.9 Å². The van der Waals surface area contributed by atoms with Gasteiger partial charge in [0, 0.05) is 4.92 Å². The number of aldehydes is 1. The van der Waals surface area contributed by atoms with E-state index in [1.54, 1.807) is 60.7 Å². The van der Waals surface area contributed by atoms with Crippen LogP contribution in [0.2, 0.25) is 0 Å². The standard InChI is InChI=1S/C19H21NO7/c21-11-15(23)17(20(25)26)19(16(24)12-22)27-18(13-7-3-1-4-8-13)14-9-5-2-6-10-14/h1-11,15-19,22-24H,12H2/t15-,16+,17+,19-/m0/s1. The molecule has 0 saturated heterocycles. The number of rotatable bonds is 10. The molecule has 0 aliphatic rings. The maximum Gasteiger partial charge on any atom is 0.273 e.